The first kappa shape index (κ1) is 12.4. The predicted octanol–water partition coefficient (Wildman–Crippen LogP) is 1.98. The summed E-state index contributed by atoms with van der Waals surface area (Å²) >= 11 is 0. The predicted molar refractivity (Wildman–Crippen MR) is 61.7 cm³/mol. The summed E-state index contributed by atoms with van der Waals surface area (Å²) in [6.45, 7) is 2.81. The highest BCUT2D eigenvalue weighted by Crippen LogP contribution is 2.12. The standard InChI is InChI=1S/C12H17NO3/c1-3-13-12(14)16-8-7-10-5-4-6-11(9-10)15-2/h4-6,9H,3,7-8H2,1-2H3,(H,13,14). The normalized spacial score (nSPS) is 9.62. The van der Waals surface area contributed by atoms with Crippen LogP contribution in [0.25, 0.3) is 0 Å². The molecule has 0 unspecified atom stereocenters. The minimum absolute atomic E-state index is 0.370. The molecule has 0 saturated carbocycles. The van der Waals surface area contributed by atoms with Crippen molar-refractivity contribution >= 4 is 6.09 Å². The summed E-state index contributed by atoms with van der Waals surface area (Å²) in [4.78, 5) is 11.0. The summed E-state index contributed by atoms with van der Waals surface area (Å²) in [6.07, 6.45) is 0.319. The molecule has 0 bridgehead atoms. The Bertz CT molecular complexity index is 339. The first-order chi connectivity index (χ1) is 7.76. The van der Waals surface area contributed by atoms with Gasteiger partial charge in [0.25, 0.3) is 0 Å². The first-order valence-corrected chi connectivity index (χ1v) is 5.29. The van der Waals surface area contributed by atoms with Crippen molar-refractivity contribution in [3.63, 3.8) is 0 Å². The van der Waals surface area contributed by atoms with Gasteiger partial charge in [-0.25, -0.2) is 4.79 Å². The first-order valence-electron chi connectivity index (χ1n) is 5.29. The second-order valence-corrected chi connectivity index (χ2v) is 3.27. The molecule has 1 amide bonds. The summed E-state index contributed by atoms with van der Waals surface area (Å²) in [5.41, 5.74) is 1.09. The molecule has 0 saturated heterocycles. The highest BCUT2D eigenvalue weighted by molar-refractivity contribution is 5.66. The number of carbonyl (C=O) groups excluding carboxylic acids is 1. The molecule has 0 aliphatic heterocycles. The molecule has 1 rings (SSSR count). The van der Waals surface area contributed by atoms with E-state index in [4.69, 9.17) is 9.47 Å². The van der Waals surface area contributed by atoms with Crippen molar-refractivity contribution in [2.45, 2.75) is 13.3 Å². The number of benzene rings is 1. The third-order valence-electron chi connectivity index (χ3n) is 2.08. The van der Waals surface area contributed by atoms with Crippen LogP contribution in [0.1, 0.15) is 12.5 Å². The van der Waals surface area contributed by atoms with Gasteiger partial charge in [-0.3, -0.25) is 0 Å². The number of rotatable bonds is 5. The van der Waals surface area contributed by atoms with Crippen molar-refractivity contribution in [1.82, 2.24) is 5.32 Å². The second kappa shape index (κ2) is 6.71. The maximum atomic E-state index is 11.0. The number of hydrogen-bond donors (Lipinski definition) is 1. The minimum atomic E-state index is -0.370. The molecule has 0 aliphatic carbocycles. The minimum Gasteiger partial charge on any atom is -0.497 e. The summed E-state index contributed by atoms with van der Waals surface area (Å²) in [5, 5.41) is 2.57. The average Bonchev–Trinajstić information content (AvgIpc) is 2.30. The van der Waals surface area contributed by atoms with Crippen LogP contribution in [0.15, 0.2) is 24.3 Å². The Hall–Kier alpha value is -1.71. The van der Waals surface area contributed by atoms with Crippen LogP contribution in [0.4, 0.5) is 4.79 Å². The van der Waals surface area contributed by atoms with E-state index in [9.17, 15) is 4.79 Å². The van der Waals surface area contributed by atoms with E-state index in [1.165, 1.54) is 0 Å². The van der Waals surface area contributed by atoms with Gasteiger partial charge in [-0.05, 0) is 24.6 Å². The van der Waals surface area contributed by atoms with Gasteiger partial charge in [-0.1, -0.05) is 12.1 Å². The van der Waals surface area contributed by atoms with E-state index in [1.54, 1.807) is 7.11 Å². The molecular formula is C12H17NO3. The molecule has 4 heteroatoms. The average molecular weight is 223 g/mol. The van der Waals surface area contributed by atoms with Gasteiger partial charge in [0, 0.05) is 13.0 Å². The van der Waals surface area contributed by atoms with Crippen LogP contribution < -0.4 is 10.1 Å². The topological polar surface area (TPSA) is 47.6 Å². The van der Waals surface area contributed by atoms with Crippen molar-refractivity contribution in [3.05, 3.63) is 29.8 Å². The Labute approximate surface area is 95.6 Å². The molecule has 0 radical (unpaired) electrons. The lowest BCUT2D eigenvalue weighted by atomic mass is 10.1. The van der Waals surface area contributed by atoms with E-state index in [-0.39, 0.29) is 6.09 Å². The molecule has 0 fully saturated rings. The van der Waals surface area contributed by atoms with Gasteiger partial charge in [0.1, 0.15) is 5.75 Å². The summed E-state index contributed by atoms with van der Waals surface area (Å²) in [6, 6.07) is 7.71. The monoisotopic (exact) mass is 223 g/mol. The number of methoxy groups -OCH3 is 1. The highest BCUT2D eigenvalue weighted by Gasteiger charge is 2.00. The summed E-state index contributed by atoms with van der Waals surface area (Å²) in [5.74, 6) is 0.815. The molecule has 0 aromatic heterocycles. The SMILES string of the molecule is CCNC(=O)OCCc1cccc(OC)c1. The third-order valence-corrected chi connectivity index (χ3v) is 2.08. The molecule has 0 spiro atoms. The zero-order valence-corrected chi connectivity index (χ0v) is 9.66. The van der Waals surface area contributed by atoms with Crippen LogP contribution in [-0.4, -0.2) is 26.4 Å². The Morgan fingerprint density at radius 1 is 1.44 bits per heavy atom. The van der Waals surface area contributed by atoms with Crippen LogP contribution in [-0.2, 0) is 11.2 Å². The van der Waals surface area contributed by atoms with Crippen LogP contribution in [0.2, 0.25) is 0 Å². The van der Waals surface area contributed by atoms with Crippen LogP contribution >= 0.6 is 0 Å². The van der Waals surface area contributed by atoms with E-state index in [2.05, 4.69) is 5.32 Å². The number of carbonyl (C=O) groups is 1. The molecule has 1 aromatic carbocycles. The molecule has 16 heavy (non-hydrogen) atoms. The lowest BCUT2D eigenvalue weighted by Gasteiger charge is -2.06. The van der Waals surface area contributed by atoms with Crippen molar-refractivity contribution < 1.29 is 14.3 Å². The quantitative estimate of drug-likeness (QED) is 0.830. The van der Waals surface area contributed by atoms with Crippen LogP contribution in [0, 0.1) is 0 Å². The van der Waals surface area contributed by atoms with Gasteiger partial charge in [-0.15, -0.1) is 0 Å². The van der Waals surface area contributed by atoms with Crippen molar-refractivity contribution in [2.75, 3.05) is 20.3 Å². The summed E-state index contributed by atoms with van der Waals surface area (Å²) < 4.78 is 10.1. The Morgan fingerprint density at radius 2 is 2.25 bits per heavy atom. The van der Waals surface area contributed by atoms with E-state index < -0.39 is 0 Å². The van der Waals surface area contributed by atoms with Gasteiger partial charge in [0.15, 0.2) is 0 Å². The molecule has 4 nitrogen and oxygen atoms in total. The fourth-order valence-electron chi connectivity index (χ4n) is 1.28. The smallest absolute Gasteiger partial charge is 0.407 e. The molecular weight excluding hydrogens is 206 g/mol. The van der Waals surface area contributed by atoms with E-state index >= 15 is 0 Å². The van der Waals surface area contributed by atoms with E-state index in [0.717, 1.165) is 11.3 Å². The maximum Gasteiger partial charge on any atom is 0.407 e. The number of ether oxygens (including phenoxy) is 2. The lowest BCUT2D eigenvalue weighted by molar-refractivity contribution is 0.148. The molecule has 0 heterocycles. The molecule has 1 aromatic rings. The van der Waals surface area contributed by atoms with Crippen molar-refractivity contribution in [2.24, 2.45) is 0 Å². The van der Waals surface area contributed by atoms with Gasteiger partial charge in [0.2, 0.25) is 0 Å². The fourth-order valence-corrected chi connectivity index (χ4v) is 1.28. The lowest BCUT2D eigenvalue weighted by Crippen LogP contribution is -2.24. The van der Waals surface area contributed by atoms with Crippen LogP contribution in [0.5, 0.6) is 5.75 Å². The van der Waals surface area contributed by atoms with Crippen molar-refractivity contribution in [3.8, 4) is 5.75 Å². The van der Waals surface area contributed by atoms with Gasteiger partial charge < -0.3 is 14.8 Å². The van der Waals surface area contributed by atoms with Gasteiger partial charge >= 0.3 is 6.09 Å². The number of alkyl carbamates (subject to hydrolysis) is 1. The molecule has 0 aliphatic rings. The van der Waals surface area contributed by atoms with Gasteiger partial charge in [-0.2, -0.15) is 0 Å². The number of nitrogens with one attached hydrogen (secondary N) is 1. The van der Waals surface area contributed by atoms with Gasteiger partial charge in [0.05, 0.1) is 13.7 Å². The van der Waals surface area contributed by atoms with E-state index in [0.29, 0.717) is 19.6 Å². The maximum absolute atomic E-state index is 11.0. The number of amides is 1. The molecule has 1 N–H and O–H groups in total. The molecule has 0 atom stereocenters. The number of hydrogen-bond acceptors (Lipinski definition) is 3. The van der Waals surface area contributed by atoms with E-state index in [1.807, 2.05) is 31.2 Å². The summed E-state index contributed by atoms with van der Waals surface area (Å²) in [7, 11) is 1.63. The Morgan fingerprint density at radius 3 is 2.94 bits per heavy atom. The second-order valence-electron chi connectivity index (χ2n) is 3.27. The zero-order chi connectivity index (χ0) is 11.8. The Kier molecular flexibility index (Phi) is 5.19. The zero-order valence-electron chi connectivity index (χ0n) is 9.66. The largest absolute Gasteiger partial charge is 0.497 e. The fraction of sp³-hybridized carbons (Fsp3) is 0.417. The van der Waals surface area contributed by atoms with Crippen LogP contribution in [0.3, 0.4) is 0 Å². The molecule has 88 valence electrons. The van der Waals surface area contributed by atoms with Crippen molar-refractivity contribution in [1.29, 1.82) is 0 Å². The highest BCUT2D eigenvalue weighted by atomic mass is 16.5. The Balaban J connectivity index is 2.34. The third kappa shape index (κ3) is 4.21.